The molecule has 0 saturated carbocycles. The zero-order valence-corrected chi connectivity index (χ0v) is 34.7. The van der Waals surface area contributed by atoms with Crippen LogP contribution in [0.2, 0.25) is 0 Å². The number of phosphoric acid groups is 1. The van der Waals surface area contributed by atoms with Crippen LogP contribution < -0.4 is 5.73 Å². The van der Waals surface area contributed by atoms with Gasteiger partial charge in [-0.3, -0.25) is 18.6 Å². The number of unbranched alkanes of at least 4 members (excludes halogenated alkanes) is 26. The molecule has 2 atom stereocenters. The predicted octanol–water partition coefficient (Wildman–Crippen LogP) is 12.2. The van der Waals surface area contributed by atoms with Crippen LogP contribution in [-0.2, 0) is 32.7 Å². The van der Waals surface area contributed by atoms with E-state index in [0.29, 0.717) is 6.42 Å². The minimum Gasteiger partial charge on any atom is -0.462 e. The molecule has 0 rings (SSSR count). The molecular formula is C42H82NO8P. The van der Waals surface area contributed by atoms with E-state index in [4.69, 9.17) is 24.3 Å². The first-order chi connectivity index (χ1) is 25.3. The molecule has 0 spiro atoms. The van der Waals surface area contributed by atoms with Crippen LogP contribution in [0.25, 0.3) is 0 Å². The molecule has 0 saturated heterocycles. The highest BCUT2D eigenvalue weighted by Crippen LogP contribution is 2.43. The van der Waals surface area contributed by atoms with E-state index in [1.807, 2.05) is 0 Å². The summed E-state index contributed by atoms with van der Waals surface area (Å²) in [7, 11) is -4.37. The van der Waals surface area contributed by atoms with E-state index in [2.05, 4.69) is 26.0 Å². The van der Waals surface area contributed by atoms with E-state index >= 15 is 0 Å². The van der Waals surface area contributed by atoms with Crippen LogP contribution in [0.15, 0.2) is 12.2 Å². The van der Waals surface area contributed by atoms with Crippen LogP contribution >= 0.6 is 7.82 Å². The third-order valence-corrected chi connectivity index (χ3v) is 10.4. The summed E-state index contributed by atoms with van der Waals surface area (Å²) in [6.07, 6.45) is 39.5. The van der Waals surface area contributed by atoms with Gasteiger partial charge >= 0.3 is 19.8 Å². The molecule has 0 amide bonds. The normalized spacial score (nSPS) is 13.4. The van der Waals surface area contributed by atoms with Gasteiger partial charge in [-0.05, 0) is 38.5 Å². The Morgan fingerprint density at radius 1 is 0.558 bits per heavy atom. The summed E-state index contributed by atoms with van der Waals surface area (Å²) in [5.74, 6) is -0.819. The molecule has 308 valence electrons. The second kappa shape index (κ2) is 39.4. The quantitative estimate of drug-likeness (QED) is 0.0270. The van der Waals surface area contributed by atoms with Crippen molar-refractivity contribution in [1.29, 1.82) is 0 Å². The van der Waals surface area contributed by atoms with Crippen molar-refractivity contribution in [3.63, 3.8) is 0 Å². The van der Waals surface area contributed by atoms with Gasteiger partial charge in [-0.1, -0.05) is 174 Å². The number of hydrogen-bond acceptors (Lipinski definition) is 8. The first-order valence-electron chi connectivity index (χ1n) is 21.7. The Labute approximate surface area is 319 Å². The van der Waals surface area contributed by atoms with Gasteiger partial charge in [0, 0.05) is 19.4 Å². The Morgan fingerprint density at radius 3 is 1.40 bits per heavy atom. The Bertz CT molecular complexity index is 871. The molecule has 0 aromatic carbocycles. The average Bonchev–Trinajstić information content (AvgIpc) is 3.13. The zero-order valence-electron chi connectivity index (χ0n) is 33.8. The van der Waals surface area contributed by atoms with Crippen LogP contribution in [-0.4, -0.2) is 49.3 Å². The van der Waals surface area contributed by atoms with Crippen LogP contribution in [0.5, 0.6) is 0 Å². The molecule has 9 nitrogen and oxygen atoms in total. The maximum absolute atomic E-state index is 12.6. The number of phosphoric ester groups is 1. The number of carbonyl (C=O) groups is 2. The smallest absolute Gasteiger partial charge is 0.462 e. The predicted molar refractivity (Wildman–Crippen MR) is 215 cm³/mol. The van der Waals surface area contributed by atoms with E-state index in [-0.39, 0.29) is 38.6 Å². The van der Waals surface area contributed by atoms with Gasteiger partial charge in [0.15, 0.2) is 6.10 Å². The fourth-order valence-corrected chi connectivity index (χ4v) is 6.92. The standard InChI is InChI=1S/C42H82NO8P/c1-3-5-7-9-11-13-15-17-19-20-21-23-25-27-29-31-33-35-42(45)51-40(39-50-52(46,47)49-37-36-43)38-48-41(44)34-32-30-28-26-24-22-18-16-14-12-10-8-6-4-2/h11,13,40H,3-10,12,14-39,43H2,1-2H3,(H,46,47)/b13-11-/t40-/m1/s1. The maximum atomic E-state index is 12.6. The van der Waals surface area contributed by atoms with Gasteiger partial charge < -0.3 is 20.1 Å². The van der Waals surface area contributed by atoms with E-state index in [1.165, 1.54) is 141 Å². The van der Waals surface area contributed by atoms with Crippen molar-refractivity contribution in [2.45, 2.75) is 219 Å². The third kappa shape index (κ3) is 38.5. The maximum Gasteiger partial charge on any atom is 0.472 e. The summed E-state index contributed by atoms with van der Waals surface area (Å²) in [4.78, 5) is 34.8. The van der Waals surface area contributed by atoms with Gasteiger partial charge in [0.25, 0.3) is 0 Å². The van der Waals surface area contributed by atoms with Crippen LogP contribution in [0, 0.1) is 0 Å². The van der Waals surface area contributed by atoms with Crippen LogP contribution in [0.3, 0.4) is 0 Å². The molecule has 0 radical (unpaired) electrons. The minimum atomic E-state index is -4.37. The van der Waals surface area contributed by atoms with Crippen molar-refractivity contribution in [1.82, 2.24) is 0 Å². The lowest BCUT2D eigenvalue weighted by molar-refractivity contribution is -0.161. The fraction of sp³-hybridized carbons (Fsp3) is 0.905. The first-order valence-corrected chi connectivity index (χ1v) is 23.2. The van der Waals surface area contributed by atoms with Crippen molar-refractivity contribution in [2.24, 2.45) is 5.73 Å². The minimum absolute atomic E-state index is 0.0561. The van der Waals surface area contributed by atoms with Gasteiger partial charge in [-0.15, -0.1) is 0 Å². The summed E-state index contributed by atoms with van der Waals surface area (Å²) in [6.45, 7) is 3.74. The number of esters is 2. The van der Waals surface area contributed by atoms with Gasteiger partial charge in [0.2, 0.25) is 0 Å². The average molecular weight is 760 g/mol. The Morgan fingerprint density at radius 2 is 0.942 bits per heavy atom. The van der Waals surface area contributed by atoms with Crippen molar-refractivity contribution in [2.75, 3.05) is 26.4 Å². The SMILES string of the molecule is CCCCC/C=C\CCCCCCCCCCCCC(=O)O[C@H](COC(=O)CCCCCCCCCCCCCCCC)COP(=O)(O)OCCN. The Kier molecular flexibility index (Phi) is 38.5. The first kappa shape index (κ1) is 50.8. The van der Waals surface area contributed by atoms with Crippen molar-refractivity contribution < 1.29 is 37.6 Å². The van der Waals surface area contributed by atoms with E-state index < -0.39 is 26.5 Å². The zero-order chi connectivity index (χ0) is 38.2. The van der Waals surface area contributed by atoms with E-state index in [1.54, 1.807) is 0 Å². The molecule has 0 aliphatic rings. The number of allylic oxidation sites excluding steroid dienone is 2. The van der Waals surface area contributed by atoms with Crippen molar-refractivity contribution in [3.8, 4) is 0 Å². The summed E-state index contributed by atoms with van der Waals surface area (Å²) >= 11 is 0. The molecule has 0 fully saturated rings. The largest absolute Gasteiger partial charge is 0.472 e. The molecule has 3 N–H and O–H groups in total. The lowest BCUT2D eigenvalue weighted by Crippen LogP contribution is -2.29. The number of hydrogen-bond donors (Lipinski definition) is 2. The highest BCUT2D eigenvalue weighted by atomic mass is 31.2. The molecule has 0 aliphatic heterocycles. The Hall–Kier alpha value is -1.25. The number of nitrogens with two attached hydrogens (primary N) is 1. The number of rotatable bonds is 41. The van der Waals surface area contributed by atoms with Gasteiger partial charge in [-0.2, -0.15) is 0 Å². The highest BCUT2D eigenvalue weighted by molar-refractivity contribution is 7.47. The molecule has 0 aromatic heterocycles. The molecule has 10 heteroatoms. The number of ether oxygens (including phenoxy) is 2. The second-order valence-corrected chi connectivity index (χ2v) is 16.0. The van der Waals surface area contributed by atoms with Crippen LogP contribution in [0.1, 0.15) is 213 Å². The molecule has 0 aliphatic carbocycles. The monoisotopic (exact) mass is 760 g/mol. The van der Waals surface area contributed by atoms with Crippen molar-refractivity contribution >= 4 is 19.8 Å². The van der Waals surface area contributed by atoms with Crippen molar-refractivity contribution in [3.05, 3.63) is 12.2 Å². The molecule has 52 heavy (non-hydrogen) atoms. The molecular weight excluding hydrogens is 677 g/mol. The highest BCUT2D eigenvalue weighted by Gasteiger charge is 2.26. The Balaban J connectivity index is 4.12. The van der Waals surface area contributed by atoms with E-state index in [0.717, 1.165) is 38.5 Å². The fourth-order valence-electron chi connectivity index (χ4n) is 6.16. The summed E-state index contributed by atoms with van der Waals surface area (Å²) in [6, 6.07) is 0. The lowest BCUT2D eigenvalue weighted by Gasteiger charge is -2.19. The second-order valence-electron chi connectivity index (χ2n) is 14.6. The van der Waals surface area contributed by atoms with Gasteiger partial charge in [0.1, 0.15) is 6.61 Å². The summed E-state index contributed by atoms with van der Waals surface area (Å²) < 4.78 is 32.8. The molecule has 0 bridgehead atoms. The molecule has 1 unspecified atom stereocenters. The lowest BCUT2D eigenvalue weighted by atomic mass is 10.0. The third-order valence-electron chi connectivity index (χ3n) is 9.40. The van der Waals surface area contributed by atoms with Gasteiger partial charge in [0.05, 0.1) is 13.2 Å². The topological polar surface area (TPSA) is 134 Å². The molecule has 0 aromatic rings. The van der Waals surface area contributed by atoms with Crippen LogP contribution in [0.4, 0.5) is 0 Å². The summed E-state index contributed by atoms with van der Waals surface area (Å²) in [5, 5.41) is 0. The van der Waals surface area contributed by atoms with E-state index in [9.17, 15) is 19.0 Å². The number of carbonyl (C=O) groups excluding carboxylic acids is 2. The molecule has 0 heterocycles. The summed E-state index contributed by atoms with van der Waals surface area (Å²) in [5.41, 5.74) is 5.34. The van der Waals surface area contributed by atoms with Gasteiger partial charge in [-0.25, -0.2) is 4.57 Å².